The second-order valence-corrected chi connectivity index (χ2v) is 5.29. The number of rotatable bonds is 5. The molecule has 2 rings (SSSR count). The molecule has 0 saturated heterocycles. The standard InChI is InChI=1S/C16H16F2N2O3/c1-9(2)14(20-15(21)13-4-3-7-23-13)16(22)19-12-6-5-10(17)8-11(12)18/h3-9,14H,1-2H3,(H,19,22)(H,20,21)/t14-/m0/s1. The van der Waals surface area contributed by atoms with E-state index in [0.29, 0.717) is 6.07 Å². The summed E-state index contributed by atoms with van der Waals surface area (Å²) in [7, 11) is 0. The van der Waals surface area contributed by atoms with Crippen molar-refractivity contribution in [3.63, 3.8) is 0 Å². The van der Waals surface area contributed by atoms with Gasteiger partial charge < -0.3 is 15.1 Å². The molecule has 122 valence electrons. The average Bonchev–Trinajstić information content (AvgIpc) is 3.01. The van der Waals surface area contributed by atoms with Gasteiger partial charge in [-0.1, -0.05) is 13.8 Å². The Hall–Kier alpha value is -2.70. The molecular weight excluding hydrogens is 306 g/mol. The normalized spacial score (nSPS) is 12.0. The number of hydrogen-bond acceptors (Lipinski definition) is 3. The minimum Gasteiger partial charge on any atom is -0.459 e. The van der Waals surface area contributed by atoms with E-state index in [1.54, 1.807) is 19.9 Å². The van der Waals surface area contributed by atoms with Gasteiger partial charge in [-0.25, -0.2) is 8.78 Å². The first-order chi connectivity index (χ1) is 10.9. The fourth-order valence-corrected chi connectivity index (χ4v) is 1.96. The molecule has 0 aliphatic carbocycles. The minimum absolute atomic E-state index is 0.0661. The Kier molecular flexibility index (Phi) is 5.10. The molecule has 7 heteroatoms. The molecule has 2 amide bonds. The molecule has 0 saturated carbocycles. The third-order valence-electron chi connectivity index (χ3n) is 3.17. The van der Waals surface area contributed by atoms with E-state index >= 15 is 0 Å². The van der Waals surface area contributed by atoms with Crippen molar-refractivity contribution in [3.05, 3.63) is 54.0 Å². The SMILES string of the molecule is CC(C)[C@H](NC(=O)c1ccco1)C(=O)Nc1ccc(F)cc1F. The number of anilines is 1. The first-order valence-electron chi connectivity index (χ1n) is 6.98. The molecule has 0 aliphatic rings. The topological polar surface area (TPSA) is 71.3 Å². The van der Waals surface area contributed by atoms with Gasteiger partial charge in [0.25, 0.3) is 5.91 Å². The van der Waals surface area contributed by atoms with Crippen LogP contribution in [0.25, 0.3) is 0 Å². The summed E-state index contributed by atoms with van der Waals surface area (Å²) in [6.45, 7) is 3.46. The van der Waals surface area contributed by atoms with Crippen LogP contribution in [0.4, 0.5) is 14.5 Å². The number of carbonyl (C=O) groups excluding carboxylic acids is 2. The van der Waals surface area contributed by atoms with Crippen LogP contribution in [0.5, 0.6) is 0 Å². The molecule has 5 nitrogen and oxygen atoms in total. The second-order valence-electron chi connectivity index (χ2n) is 5.29. The van der Waals surface area contributed by atoms with Crippen LogP contribution in [-0.2, 0) is 4.79 Å². The van der Waals surface area contributed by atoms with E-state index in [4.69, 9.17) is 4.42 Å². The Balaban J connectivity index is 2.10. The van der Waals surface area contributed by atoms with Crippen molar-refractivity contribution in [3.8, 4) is 0 Å². The summed E-state index contributed by atoms with van der Waals surface area (Å²) in [6, 6.07) is 4.93. The number of hydrogen-bond donors (Lipinski definition) is 2. The van der Waals surface area contributed by atoms with Crippen molar-refractivity contribution in [2.24, 2.45) is 5.92 Å². The molecule has 2 aromatic rings. The van der Waals surface area contributed by atoms with Gasteiger partial charge in [0.15, 0.2) is 5.76 Å². The molecule has 0 bridgehead atoms. The average molecular weight is 322 g/mol. The number of halogens is 2. The quantitative estimate of drug-likeness (QED) is 0.889. The summed E-state index contributed by atoms with van der Waals surface area (Å²) in [5.41, 5.74) is -0.158. The number of furan rings is 1. The number of nitrogens with one attached hydrogen (secondary N) is 2. The Morgan fingerprint density at radius 1 is 1.17 bits per heavy atom. The van der Waals surface area contributed by atoms with Crippen molar-refractivity contribution >= 4 is 17.5 Å². The molecule has 0 spiro atoms. The van der Waals surface area contributed by atoms with Crippen molar-refractivity contribution in [2.45, 2.75) is 19.9 Å². The van der Waals surface area contributed by atoms with Crippen molar-refractivity contribution in [1.82, 2.24) is 5.32 Å². The first kappa shape index (κ1) is 16.7. The van der Waals surface area contributed by atoms with Crippen LogP contribution >= 0.6 is 0 Å². The highest BCUT2D eigenvalue weighted by atomic mass is 19.1. The molecule has 0 unspecified atom stereocenters. The van der Waals surface area contributed by atoms with Crippen LogP contribution in [-0.4, -0.2) is 17.9 Å². The molecule has 1 aromatic carbocycles. The van der Waals surface area contributed by atoms with Crippen LogP contribution in [0.15, 0.2) is 41.0 Å². The van der Waals surface area contributed by atoms with E-state index in [1.165, 1.54) is 12.3 Å². The predicted molar refractivity (Wildman–Crippen MR) is 79.8 cm³/mol. The van der Waals surface area contributed by atoms with E-state index in [2.05, 4.69) is 10.6 Å². The molecule has 1 heterocycles. The van der Waals surface area contributed by atoms with E-state index < -0.39 is 29.5 Å². The monoisotopic (exact) mass is 322 g/mol. The van der Waals surface area contributed by atoms with Gasteiger partial charge in [-0.05, 0) is 30.2 Å². The zero-order chi connectivity index (χ0) is 17.0. The first-order valence-corrected chi connectivity index (χ1v) is 6.98. The predicted octanol–water partition coefficient (Wildman–Crippen LogP) is 2.95. The Bertz CT molecular complexity index is 699. The van der Waals surface area contributed by atoms with Gasteiger partial charge in [0.05, 0.1) is 12.0 Å². The van der Waals surface area contributed by atoms with Gasteiger partial charge in [-0.3, -0.25) is 9.59 Å². The number of carbonyl (C=O) groups is 2. The summed E-state index contributed by atoms with van der Waals surface area (Å²) in [6.07, 6.45) is 1.34. The second kappa shape index (κ2) is 7.04. The smallest absolute Gasteiger partial charge is 0.287 e. The van der Waals surface area contributed by atoms with Gasteiger partial charge in [0, 0.05) is 6.07 Å². The zero-order valence-electron chi connectivity index (χ0n) is 12.6. The molecular formula is C16H16F2N2O3. The highest BCUT2D eigenvalue weighted by Gasteiger charge is 2.26. The van der Waals surface area contributed by atoms with Crippen LogP contribution in [0.1, 0.15) is 24.4 Å². The number of benzene rings is 1. The third-order valence-corrected chi connectivity index (χ3v) is 3.17. The maximum atomic E-state index is 13.6. The summed E-state index contributed by atoms with van der Waals surface area (Å²) < 4.78 is 31.4. The lowest BCUT2D eigenvalue weighted by Gasteiger charge is -2.21. The molecule has 1 aromatic heterocycles. The molecule has 0 radical (unpaired) electrons. The van der Waals surface area contributed by atoms with Gasteiger partial charge in [-0.2, -0.15) is 0 Å². The lowest BCUT2D eigenvalue weighted by Crippen LogP contribution is -2.47. The van der Waals surface area contributed by atoms with E-state index in [-0.39, 0.29) is 17.4 Å². The fraction of sp³-hybridized carbons (Fsp3) is 0.250. The Labute approximate surface area is 131 Å². The van der Waals surface area contributed by atoms with Crippen LogP contribution in [0.2, 0.25) is 0 Å². The highest BCUT2D eigenvalue weighted by molar-refractivity contribution is 6.00. The van der Waals surface area contributed by atoms with E-state index in [1.807, 2.05) is 0 Å². The van der Waals surface area contributed by atoms with Crippen molar-refractivity contribution in [1.29, 1.82) is 0 Å². The lowest BCUT2D eigenvalue weighted by atomic mass is 10.0. The van der Waals surface area contributed by atoms with Gasteiger partial charge >= 0.3 is 0 Å². The minimum atomic E-state index is -0.906. The third kappa shape index (κ3) is 4.15. The molecule has 0 aliphatic heterocycles. The molecule has 1 atom stereocenters. The van der Waals surface area contributed by atoms with Crippen LogP contribution in [0.3, 0.4) is 0 Å². The van der Waals surface area contributed by atoms with Gasteiger partial charge in [-0.15, -0.1) is 0 Å². The molecule has 23 heavy (non-hydrogen) atoms. The van der Waals surface area contributed by atoms with Crippen molar-refractivity contribution < 1.29 is 22.8 Å². The van der Waals surface area contributed by atoms with Crippen LogP contribution in [0, 0.1) is 17.6 Å². The van der Waals surface area contributed by atoms with E-state index in [0.717, 1.165) is 12.1 Å². The highest BCUT2D eigenvalue weighted by Crippen LogP contribution is 2.16. The van der Waals surface area contributed by atoms with Crippen molar-refractivity contribution in [2.75, 3.05) is 5.32 Å². The summed E-state index contributed by atoms with van der Waals surface area (Å²) in [5.74, 6) is -2.98. The maximum Gasteiger partial charge on any atom is 0.287 e. The molecule has 2 N–H and O–H groups in total. The maximum absolute atomic E-state index is 13.6. The summed E-state index contributed by atoms with van der Waals surface area (Å²) in [4.78, 5) is 24.3. The van der Waals surface area contributed by atoms with E-state index in [9.17, 15) is 18.4 Å². The Morgan fingerprint density at radius 3 is 2.48 bits per heavy atom. The van der Waals surface area contributed by atoms with Gasteiger partial charge in [0.2, 0.25) is 5.91 Å². The van der Waals surface area contributed by atoms with Crippen LogP contribution < -0.4 is 10.6 Å². The molecule has 0 fully saturated rings. The fourth-order valence-electron chi connectivity index (χ4n) is 1.96. The lowest BCUT2D eigenvalue weighted by molar-refractivity contribution is -0.118. The number of amides is 2. The Morgan fingerprint density at radius 2 is 1.91 bits per heavy atom. The van der Waals surface area contributed by atoms with Gasteiger partial charge in [0.1, 0.15) is 17.7 Å². The largest absolute Gasteiger partial charge is 0.459 e. The summed E-state index contributed by atoms with van der Waals surface area (Å²) >= 11 is 0. The zero-order valence-corrected chi connectivity index (χ0v) is 12.6. The summed E-state index contributed by atoms with van der Waals surface area (Å²) in [5, 5.41) is 4.87.